The summed E-state index contributed by atoms with van der Waals surface area (Å²) in [6.07, 6.45) is -4.10. The Morgan fingerprint density at radius 1 is 1.56 bits per heavy atom. The quantitative estimate of drug-likeness (QED) is 0.392. The van der Waals surface area contributed by atoms with Crippen LogP contribution in [0.25, 0.3) is 0 Å². The molecule has 5 heteroatoms. The highest BCUT2D eigenvalue weighted by atomic mass is 16.4. The van der Waals surface area contributed by atoms with Crippen molar-refractivity contribution in [2.45, 2.75) is 12.2 Å². The minimum Gasteiger partial charge on any atom is -0.547 e. The van der Waals surface area contributed by atoms with E-state index in [2.05, 4.69) is 0 Å². The van der Waals surface area contributed by atoms with Crippen molar-refractivity contribution in [2.24, 2.45) is 0 Å². The van der Waals surface area contributed by atoms with Gasteiger partial charge in [0.05, 0.1) is 5.97 Å². The zero-order chi connectivity index (χ0) is 7.44. The van der Waals surface area contributed by atoms with E-state index in [0.717, 1.165) is 0 Å². The molecule has 0 aliphatic rings. The average molecular weight is 133 g/mol. The van der Waals surface area contributed by atoms with E-state index in [1.165, 1.54) is 0 Å². The molecule has 0 aromatic rings. The zero-order valence-electron chi connectivity index (χ0n) is 4.35. The van der Waals surface area contributed by atoms with Crippen LogP contribution in [0.2, 0.25) is 0 Å². The number of hydrogen-bond donors (Lipinski definition) is 2. The molecule has 0 rings (SSSR count). The molecule has 0 radical (unpaired) electrons. The second-order valence-corrected chi connectivity index (χ2v) is 1.39. The molecule has 0 spiro atoms. The van der Waals surface area contributed by atoms with Crippen LogP contribution in [0, 0.1) is 0 Å². The SMILES string of the molecule is O=CC(O)C(O)C(=O)[O-]. The molecule has 0 saturated carbocycles. The number of aliphatic hydroxyl groups is 2. The fraction of sp³-hybridized carbons (Fsp3) is 0.500. The standard InChI is InChI=1S/C4H6O5/c5-1-2(6)3(7)4(8)9/h1-3,6-7H,(H,8,9)/p-1. The van der Waals surface area contributed by atoms with Crippen molar-refractivity contribution >= 4 is 12.3 Å². The molecule has 2 atom stereocenters. The molecule has 0 bridgehead atoms. The fourth-order valence-electron chi connectivity index (χ4n) is 0.214. The predicted octanol–water partition coefficient (Wildman–Crippen LogP) is -3.34. The molecular formula is C4H5O5-. The number of aliphatic carboxylic acids is 1. The second-order valence-electron chi connectivity index (χ2n) is 1.39. The summed E-state index contributed by atoms with van der Waals surface area (Å²) in [4.78, 5) is 19.2. The van der Waals surface area contributed by atoms with Crippen molar-refractivity contribution < 1.29 is 24.9 Å². The van der Waals surface area contributed by atoms with Gasteiger partial charge in [-0.15, -0.1) is 0 Å². The van der Waals surface area contributed by atoms with Gasteiger partial charge in [-0.1, -0.05) is 0 Å². The molecule has 2 N–H and O–H groups in total. The first kappa shape index (κ1) is 8.06. The molecule has 5 nitrogen and oxygen atoms in total. The molecule has 0 aromatic heterocycles. The number of carbonyl (C=O) groups excluding carboxylic acids is 2. The molecule has 52 valence electrons. The Morgan fingerprint density at radius 3 is 2.11 bits per heavy atom. The normalized spacial score (nSPS) is 16.2. The summed E-state index contributed by atoms with van der Waals surface area (Å²) in [5, 5.41) is 26.1. The highest BCUT2D eigenvalue weighted by molar-refractivity contribution is 5.76. The smallest absolute Gasteiger partial charge is 0.151 e. The van der Waals surface area contributed by atoms with Gasteiger partial charge in [-0.2, -0.15) is 0 Å². The third kappa shape index (κ3) is 2.20. The van der Waals surface area contributed by atoms with Crippen molar-refractivity contribution in [3.8, 4) is 0 Å². The lowest BCUT2D eigenvalue weighted by atomic mass is 10.2. The van der Waals surface area contributed by atoms with Crippen LogP contribution in [-0.2, 0) is 9.59 Å². The van der Waals surface area contributed by atoms with Crippen molar-refractivity contribution in [3.05, 3.63) is 0 Å². The molecule has 0 fully saturated rings. The van der Waals surface area contributed by atoms with Crippen molar-refractivity contribution in [1.29, 1.82) is 0 Å². The van der Waals surface area contributed by atoms with Gasteiger partial charge in [0, 0.05) is 0 Å². The van der Waals surface area contributed by atoms with E-state index >= 15 is 0 Å². The Bertz CT molecular complexity index is 120. The first-order valence-corrected chi connectivity index (χ1v) is 2.12. The summed E-state index contributed by atoms with van der Waals surface area (Å²) in [5.41, 5.74) is 0. The van der Waals surface area contributed by atoms with Crippen LogP contribution in [0.1, 0.15) is 0 Å². The van der Waals surface area contributed by atoms with Gasteiger partial charge in [0.2, 0.25) is 0 Å². The van der Waals surface area contributed by atoms with Crippen molar-refractivity contribution in [1.82, 2.24) is 0 Å². The van der Waals surface area contributed by atoms with Gasteiger partial charge in [0.25, 0.3) is 0 Å². The van der Waals surface area contributed by atoms with Crippen LogP contribution in [0.3, 0.4) is 0 Å². The Balaban J connectivity index is 3.86. The van der Waals surface area contributed by atoms with Crippen LogP contribution in [0.5, 0.6) is 0 Å². The summed E-state index contributed by atoms with van der Waals surface area (Å²) >= 11 is 0. The molecule has 0 aliphatic heterocycles. The summed E-state index contributed by atoms with van der Waals surface area (Å²) < 4.78 is 0. The highest BCUT2D eigenvalue weighted by Gasteiger charge is 2.14. The monoisotopic (exact) mass is 133 g/mol. The molecule has 0 amide bonds. The maximum Gasteiger partial charge on any atom is 0.151 e. The van der Waals surface area contributed by atoms with Crippen LogP contribution in [0.15, 0.2) is 0 Å². The van der Waals surface area contributed by atoms with Gasteiger partial charge >= 0.3 is 0 Å². The number of aldehydes is 1. The van der Waals surface area contributed by atoms with Crippen LogP contribution in [0.4, 0.5) is 0 Å². The van der Waals surface area contributed by atoms with Gasteiger partial charge in [0.15, 0.2) is 6.29 Å². The number of carbonyl (C=O) groups is 2. The van der Waals surface area contributed by atoms with Gasteiger partial charge in [-0.3, -0.25) is 0 Å². The molecule has 0 aliphatic carbocycles. The number of hydrogen-bond acceptors (Lipinski definition) is 5. The van der Waals surface area contributed by atoms with E-state index in [-0.39, 0.29) is 6.29 Å². The number of aliphatic hydroxyl groups excluding tert-OH is 2. The van der Waals surface area contributed by atoms with E-state index in [1.54, 1.807) is 0 Å². The number of rotatable bonds is 3. The minimum absolute atomic E-state index is 0.0829. The average Bonchev–Trinajstić information content (AvgIpc) is 1.84. The molecule has 2 unspecified atom stereocenters. The molecular weight excluding hydrogens is 128 g/mol. The molecule has 9 heavy (non-hydrogen) atoms. The van der Waals surface area contributed by atoms with Gasteiger partial charge in [-0.05, 0) is 0 Å². The Morgan fingerprint density at radius 2 is 2.00 bits per heavy atom. The second kappa shape index (κ2) is 3.16. The summed E-state index contributed by atoms with van der Waals surface area (Å²) in [6.45, 7) is 0. The van der Waals surface area contributed by atoms with Gasteiger partial charge in [0.1, 0.15) is 12.2 Å². The maximum atomic E-state index is 9.62. The van der Waals surface area contributed by atoms with E-state index < -0.39 is 18.2 Å². The molecule has 0 aromatic carbocycles. The van der Waals surface area contributed by atoms with E-state index in [4.69, 9.17) is 10.2 Å². The van der Waals surface area contributed by atoms with E-state index in [9.17, 15) is 14.7 Å². The lowest BCUT2D eigenvalue weighted by molar-refractivity contribution is -0.317. The Hall–Kier alpha value is -0.940. The summed E-state index contributed by atoms with van der Waals surface area (Å²) in [7, 11) is 0. The predicted molar refractivity (Wildman–Crippen MR) is 23.1 cm³/mol. The van der Waals surface area contributed by atoms with E-state index in [1.807, 2.05) is 0 Å². The third-order valence-electron chi connectivity index (χ3n) is 0.704. The van der Waals surface area contributed by atoms with Gasteiger partial charge < -0.3 is 24.9 Å². The van der Waals surface area contributed by atoms with E-state index in [0.29, 0.717) is 0 Å². The molecule has 0 heterocycles. The number of carboxylic acid groups (broad SMARTS) is 1. The zero-order valence-corrected chi connectivity index (χ0v) is 4.35. The van der Waals surface area contributed by atoms with Crippen LogP contribution >= 0.6 is 0 Å². The third-order valence-corrected chi connectivity index (χ3v) is 0.704. The largest absolute Gasteiger partial charge is 0.547 e. The topological polar surface area (TPSA) is 97.7 Å². The number of carboxylic acids is 1. The minimum atomic E-state index is -2.12. The van der Waals surface area contributed by atoms with Crippen molar-refractivity contribution in [3.63, 3.8) is 0 Å². The Labute approximate surface area is 50.5 Å². The highest BCUT2D eigenvalue weighted by Crippen LogP contribution is 1.85. The summed E-state index contributed by atoms with van der Waals surface area (Å²) in [5.74, 6) is -1.87. The molecule has 0 saturated heterocycles. The van der Waals surface area contributed by atoms with Crippen molar-refractivity contribution in [2.75, 3.05) is 0 Å². The fourth-order valence-corrected chi connectivity index (χ4v) is 0.214. The van der Waals surface area contributed by atoms with Gasteiger partial charge in [-0.25, -0.2) is 0 Å². The first-order chi connectivity index (χ1) is 4.09. The lowest BCUT2D eigenvalue weighted by Crippen LogP contribution is -2.43. The Kier molecular flexibility index (Phi) is 2.83. The van der Waals surface area contributed by atoms with Crippen LogP contribution < -0.4 is 5.11 Å². The maximum absolute atomic E-state index is 9.62. The first-order valence-electron chi connectivity index (χ1n) is 2.12. The van der Waals surface area contributed by atoms with Crippen LogP contribution in [-0.4, -0.2) is 34.7 Å². The summed E-state index contributed by atoms with van der Waals surface area (Å²) in [6, 6.07) is 0. The lowest BCUT2D eigenvalue weighted by Gasteiger charge is -2.11.